The van der Waals surface area contributed by atoms with Crippen LogP contribution in [0.25, 0.3) is 0 Å². The molecule has 5 nitrogen and oxygen atoms in total. The second-order valence-electron chi connectivity index (χ2n) is 5.65. The van der Waals surface area contributed by atoms with Gasteiger partial charge in [-0.25, -0.2) is 0 Å². The van der Waals surface area contributed by atoms with Gasteiger partial charge >= 0.3 is 5.97 Å². The average molecular weight is 328 g/mol. The first-order valence-corrected chi connectivity index (χ1v) is 7.75. The number of carbonyl (C=O) groups is 1. The summed E-state index contributed by atoms with van der Waals surface area (Å²) in [5.74, 6) is 1.75. The number of methoxy groups -OCH3 is 2. The normalized spacial score (nSPS) is 19.1. The van der Waals surface area contributed by atoms with Gasteiger partial charge in [0, 0.05) is 26.0 Å². The molecule has 0 N–H and O–H groups in total. The van der Waals surface area contributed by atoms with Crippen LogP contribution < -0.4 is 14.2 Å². The molecule has 24 heavy (non-hydrogen) atoms. The molecule has 126 valence electrons. The highest BCUT2D eigenvalue weighted by molar-refractivity contribution is 5.69. The molecule has 0 fully saturated rings. The monoisotopic (exact) mass is 328 g/mol. The van der Waals surface area contributed by atoms with Crippen molar-refractivity contribution >= 4 is 5.97 Å². The van der Waals surface area contributed by atoms with Crippen molar-refractivity contribution in [3.63, 3.8) is 0 Å². The standard InChI is InChI=1S/C19H20O5/c1-12(20)23-16-8-9-17-14(10-16)11-18(22-3)19(24-17)13-4-6-15(21-2)7-5-13/h4-10,18-19H,11H2,1-3H3. The van der Waals surface area contributed by atoms with E-state index in [2.05, 4.69) is 0 Å². The van der Waals surface area contributed by atoms with Crippen molar-refractivity contribution in [2.24, 2.45) is 0 Å². The van der Waals surface area contributed by atoms with E-state index in [1.165, 1.54) is 6.92 Å². The molecule has 0 spiro atoms. The number of rotatable bonds is 4. The van der Waals surface area contributed by atoms with Gasteiger partial charge in [0.2, 0.25) is 0 Å². The van der Waals surface area contributed by atoms with Crippen LogP contribution in [0.5, 0.6) is 17.2 Å². The minimum Gasteiger partial charge on any atom is -0.497 e. The maximum Gasteiger partial charge on any atom is 0.308 e. The fraction of sp³-hybridized carbons (Fsp3) is 0.316. The number of benzene rings is 2. The third-order valence-corrected chi connectivity index (χ3v) is 4.05. The zero-order chi connectivity index (χ0) is 17.1. The smallest absolute Gasteiger partial charge is 0.308 e. The second kappa shape index (κ2) is 6.93. The molecule has 0 radical (unpaired) electrons. The summed E-state index contributed by atoms with van der Waals surface area (Å²) < 4.78 is 22.1. The van der Waals surface area contributed by atoms with Gasteiger partial charge in [0.1, 0.15) is 23.4 Å². The van der Waals surface area contributed by atoms with Crippen LogP contribution in [0, 0.1) is 0 Å². The zero-order valence-electron chi connectivity index (χ0n) is 13.9. The van der Waals surface area contributed by atoms with Crippen LogP contribution in [-0.2, 0) is 16.0 Å². The Morgan fingerprint density at radius 1 is 1.08 bits per heavy atom. The number of hydrogen-bond acceptors (Lipinski definition) is 5. The predicted molar refractivity (Wildman–Crippen MR) is 88.6 cm³/mol. The first-order valence-electron chi connectivity index (χ1n) is 7.75. The molecule has 2 atom stereocenters. The first-order chi connectivity index (χ1) is 11.6. The van der Waals surface area contributed by atoms with Crippen molar-refractivity contribution in [3.8, 4) is 17.2 Å². The number of esters is 1. The van der Waals surface area contributed by atoms with E-state index in [0.717, 1.165) is 22.6 Å². The zero-order valence-corrected chi connectivity index (χ0v) is 13.9. The lowest BCUT2D eigenvalue weighted by molar-refractivity contribution is -0.131. The van der Waals surface area contributed by atoms with Crippen LogP contribution in [0.2, 0.25) is 0 Å². The third-order valence-electron chi connectivity index (χ3n) is 4.05. The van der Waals surface area contributed by atoms with E-state index < -0.39 is 0 Å². The molecule has 0 bridgehead atoms. The van der Waals surface area contributed by atoms with E-state index in [9.17, 15) is 4.79 Å². The van der Waals surface area contributed by atoms with E-state index in [-0.39, 0.29) is 18.2 Å². The maximum atomic E-state index is 11.1. The van der Waals surface area contributed by atoms with Gasteiger partial charge in [-0.1, -0.05) is 12.1 Å². The average Bonchev–Trinajstić information content (AvgIpc) is 2.60. The van der Waals surface area contributed by atoms with Crippen LogP contribution in [0.4, 0.5) is 0 Å². The Labute approximate surface area is 141 Å². The number of hydrogen-bond donors (Lipinski definition) is 0. The summed E-state index contributed by atoms with van der Waals surface area (Å²) in [4.78, 5) is 11.1. The second-order valence-corrected chi connectivity index (χ2v) is 5.65. The largest absolute Gasteiger partial charge is 0.497 e. The molecule has 2 unspecified atom stereocenters. The highest BCUT2D eigenvalue weighted by Crippen LogP contribution is 2.38. The minimum absolute atomic E-state index is 0.126. The van der Waals surface area contributed by atoms with Gasteiger partial charge in [0.15, 0.2) is 6.10 Å². The van der Waals surface area contributed by atoms with Crippen LogP contribution in [-0.4, -0.2) is 26.3 Å². The van der Waals surface area contributed by atoms with Crippen LogP contribution in [0.15, 0.2) is 42.5 Å². The first kappa shape index (κ1) is 16.3. The molecule has 0 aromatic heterocycles. The lowest BCUT2D eigenvalue weighted by Crippen LogP contribution is -2.32. The van der Waals surface area contributed by atoms with Crippen LogP contribution >= 0.6 is 0 Å². The topological polar surface area (TPSA) is 54.0 Å². The van der Waals surface area contributed by atoms with Crippen molar-refractivity contribution in [1.82, 2.24) is 0 Å². The van der Waals surface area contributed by atoms with E-state index >= 15 is 0 Å². The number of carbonyl (C=O) groups excluding carboxylic acids is 1. The molecule has 0 saturated carbocycles. The van der Waals surface area contributed by atoms with E-state index in [1.807, 2.05) is 36.4 Å². The minimum atomic E-state index is -0.342. The maximum absolute atomic E-state index is 11.1. The van der Waals surface area contributed by atoms with Gasteiger partial charge in [-0.15, -0.1) is 0 Å². The summed E-state index contributed by atoms with van der Waals surface area (Å²) >= 11 is 0. The summed E-state index contributed by atoms with van der Waals surface area (Å²) in [6.45, 7) is 1.38. The van der Waals surface area contributed by atoms with Gasteiger partial charge in [-0.3, -0.25) is 4.79 Å². The Morgan fingerprint density at radius 3 is 2.42 bits per heavy atom. The fourth-order valence-electron chi connectivity index (χ4n) is 2.88. The lowest BCUT2D eigenvalue weighted by atomic mass is 9.94. The van der Waals surface area contributed by atoms with Crippen molar-refractivity contribution in [3.05, 3.63) is 53.6 Å². The molecule has 2 aromatic carbocycles. The quantitative estimate of drug-likeness (QED) is 0.637. The van der Waals surface area contributed by atoms with Crippen LogP contribution in [0.1, 0.15) is 24.2 Å². The van der Waals surface area contributed by atoms with Crippen molar-refractivity contribution in [2.75, 3.05) is 14.2 Å². The van der Waals surface area contributed by atoms with Gasteiger partial charge in [-0.05, 0) is 35.9 Å². The van der Waals surface area contributed by atoms with Crippen molar-refractivity contribution in [2.45, 2.75) is 25.6 Å². The van der Waals surface area contributed by atoms with Gasteiger partial charge < -0.3 is 18.9 Å². The summed E-state index contributed by atoms with van der Waals surface area (Å²) in [5.41, 5.74) is 1.99. The third kappa shape index (κ3) is 3.36. The summed E-state index contributed by atoms with van der Waals surface area (Å²) in [7, 11) is 3.31. The SMILES string of the molecule is COc1ccc(C2Oc3ccc(OC(C)=O)cc3CC2OC)cc1. The molecule has 0 aliphatic carbocycles. The fourth-order valence-corrected chi connectivity index (χ4v) is 2.88. The number of fused-ring (bicyclic) bond motifs is 1. The molecular weight excluding hydrogens is 308 g/mol. The molecule has 3 rings (SSSR count). The predicted octanol–water partition coefficient (Wildman–Crippen LogP) is 3.31. The molecule has 5 heteroatoms. The molecular formula is C19H20O5. The Balaban J connectivity index is 1.87. The van der Waals surface area contributed by atoms with E-state index in [1.54, 1.807) is 20.3 Å². The van der Waals surface area contributed by atoms with Gasteiger partial charge in [0.05, 0.1) is 7.11 Å². The molecule has 1 heterocycles. The number of ether oxygens (including phenoxy) is 4. The van der Waals surface area contributed by atoms with E-state index in [4.69, 9.17) is 18.9 Å². The Kier molecular flexibility index (Phi) is 4.71. The van der Waals surface area contributed by atoms with Crippen molar-refractivity contribution in [1.29, 1.82) is 0 Å². The lowest BCUT2D eigenvalue weighted by Gasteiger charge is -2.33. The van der Waals surface area contributed by atoms with Crippen molar-refractivity contribution < 1.29 is 23.7 Å². The molecule has 0 amide bonds. The Morgan fingerprint density at radius 2 is 1.79 bits per heavy atom. The molecule has 0 saturated heterocycles. The molecule has 1 aliphatic heterocycles. The molecule has 2 aromatic rings. The summed E-state index contributed by atoms with van der Waals surface area (Å²) in [6.07, 6.45) is 0.351. The van der Waals surface area contributed by atoms with Crippen LogP contribution in [0.3, 0.4) is 0 Å². The Bertz CT molecular complexity index is 723. The molecule has 1 aliphatic rings. The highest BCUT2D eigenvalue weighted by Gasteiger charge is 2.31. The van der Waals surface area contributed by atoms with Gasteiger partial charge in [-0.2, -0.15) is 0 Å². The van der Waals surface area contributed by atoms with Gasteiger partial charge in [0.25, 0.3) is 0 Å². The highest BCUT2D eigenvalue weighted by atomic mass is 16.5. The van der Waals surface area contributed by atoms with E-state index in [0.29, 0.717) is 12.2 Å². The Hall–Kier alpha value is -2.53. The summed E-state index contributed by atoms with van der Waals surface area (Å²) in [5, 5.41) is 0. The summed E-state index contributed by atoms with van der Waals surface area (Å²) in [6, 6.07) is 13.2.